The van der Waals surface area contributed by atoms with Crippen molar-refractivity contribution in [2.45, 2.75) is 58.5 Å². The van der Waals surface area contributed by atoms with Gasteiger partial charge in [-0.2, -0.15) is 0 Å². The Morgan fingerprint density at radius 2 is 2.07 bits per heavy atom. The van der Waals surface area contributed by atoms with Crippen molar-refractivity contribution in [3.8, 4) is 5.75 Å². The summed E-state index contributed by atoms with van der Waals surface area (Å²) in [6.45, 7) is 7.66. The lowest BCUT2D eigenvalue weighted by molar-refractivity contribution is -0.121. The Morgan fingerprint density at radius 1 is 1.20 bits per heavy atom. The smallest absolute Gasteiger partial charge is 0.223 e. The van der Waals surface area contributed by atoms with Gasteiger partial charge in [-0.05, 0) is 87.0 Å². The van der Waals surface area contributed by atoms with Crippen LogP contribution in [0.3, 0.4) is 0 Å². The normalized spacial score (nSPS) is 14.3. The molecule has 1 aliphatic rings. The molecule has 2 aromatic carbocycles. The van der Waals surface area contributed by atoms with Gasteiger partial charge >= 0.3 is 0 Å². The van der Waals surface area contributed by atoms with Crippen LogP contribution < -0.4 is 10.1 Å². The van der Waals surface area contributed by atoms with E-state index < -0.39 is 0 Å². The highest BCUT2D eigenvalue weighted by Gasteiger charge is 2.17. The minimum absolute atomic E-state index is 0.0295. The summed E-state index contributed by atoms with van der Waals surface area (Å²) in [6, 6.07) is 14.8. The zero-order valence-electron chi connectivity index (χ0n) is 18.1. The maximum Gasteiger partial charge on any atom is 0.223 e. The van der Waals surface area contributed by atoms with E-state index >= 15 is 0 Å². The summed E-state index contributed by atoms with van der Waals surface area (Å²) in [5, 5.41) is 3.72. The Hall–Kier alpha value is -2.04. The molecule has 0 unspecified atom stereocenters. The molecule has 1 N–H and O–H groups in total. The van der Waals surface area contributed by atoms with Gasteiger partial charge in [0.1, 0.15) is 5.75 Å². The Morgan fingerprint density at radius 3 is 2.87 bits per heavy atom. The average Bonchev–Trinajstić information content (AvgIpc) is 2.93. The minimum Gasteiger partial charge on any atom is -0.493 e. The zero-order chi connectivity index (χ0) is 21.3. The topological polar surface area (TPSA) is 41.6 Å². The third kappa shape index (κ3) is 7.03. The van der Waals surface area contributed by atoms with Crippen LogP contribution in [0.5, 0.6) is 5.75 Å². The number of nitrogens with one attached hydrogen (secondary N) is 1. The van der Waals surface area contributed by atoms with Crippen molar-refractivity contribution in [2.75, 3.05) is 19.7 Å². The van der Waals surface area contributed by atoms with Gasteiger partial charge in [-0.25, -0.2) is 0 Å². The van der Waals surface area contributed by atoms with Crippen LogP contribution in [0.25, 0.3) is 0 Å². The first-order valence-electron chi connectivity index (χ1n) is 11.0. The number of hydrogen-bond donors (Lipinski definition) is 1. The summed E-state index contributed by atoms with van der Waals surface area (Å²) in [6.07, 6.45) is 4.48. The molecule has 3 rings (SSSR count). The molecule has 0 spiro atoms. The van der Waals surface area contributed by atoms with Gasteiger partial charge in [-0.3, -0.25) is 9.69 Å². The number of nitrogens with zero attached hydrogens (tertiary/aromatic N) is 1. The van der Waals surface area contributed by atoms with Crippen LogP contribution >= 0.6 is 11.6 Å². The fourth-order valence-corrected chi connectivity index (χ4v) is 4.07. The van der Waals surface area contributed by atoms with Crippen molar-refractivity contribution in [2.24, 2.45) is 0 Å². The quantitative estimate of drug-likeness (QED) is 0.570. The standard InChI is InChI=1S/C25H33ClN2O2/c1-19(2)28-14-5-8-21-10-11-24(17-22(21)18-28)30-15-12-25(29)27-13-4-7-20-6-3-9-23(26)16-20/h3,6,9-11,16-17,19H,4-5,7-8,12-15,18H2,1-2H3,(H,27,29). The van der Waals surface area contributed by atoms with Crippen molar-refractivity contribution in [3.05, 3.63) is 64.2 Å². The number of amides is 1. The molecule has 1 aliphatic heterocycles. The van der Waals surface area contributed by atoms with E-state index in [4.69, 9.17) is 16.3 Å². The molecule has 1 heterocycles. The molecule has 162 valence electrons. The molecule has 0 bridgehead atoms. The number of aryl methyl sites for hydroxylation is 2. The Balaban J connectivity index is 1.38. The van der Waals surface area contributed by atoms with Crippen molar-refractivity contribution in [1.29, 1.82) is 0 Å². The van der Waals surface area contributed by atoms with E-state index in [0.29, 0.717) is 25.6 Å². The van der Waals surface area contributed by atoms with Gasteiger partial charge in [0.05, 0.1) is 13.0 Å². The maximum atomic E-state index is 12.1. The SMILES string of the molecule is CC(C)N1CCCc2ccc(OCCC(=O)NCCCc3cccc(Cl)c3)cc2C1. The van der Waals surface area contributed by atoms with Crippen LogP contribution in [0.2, 0.25) is 5.02 Å². The first-order valence-corrected chi connectivity index (χ1v) is 11.4. The second-order valence-corrected chi connectivity index (χ2v) is 8.72. The fourth-order valence-electron chi connectivity index (χ4n) is 3.86. The molecule has 0 radical (unpaired) electrons. The lowest BCUT2D eigenvalue weighted by Gasteiger charge is -2.24. The van der Waals surface area contributed by atoms with Crippen molar-refractivity contribution >= 4 is 17.5 Å². The highest BCUT2D eigenvalue weighted by atomic mass is 35.5. The summed E-state index contributed by atoms with van der Waals surface area (Å²) < 4.78 is 5.87. The third-order valence-electron chi connectivity index (χ3n) is 5.62. The van der Waals surface area contributed by atoms with Crippen LogP contribution in [0.4, 0.5) is 0 Å². The maximum absolute atomic E-state index is 12.1. The molecule has 0 atom stereocenters. The molecule has 4 nitrogen and oxygen atoms in total. The molecule has 30 heavy (non-hydrogen) atoms. The van der Waals surface area contributed by atoms with Gasteiger partial charge in [-0.15, -0.1) is 0 Å². The number of rotatable bonds is 9. The van der Waals surface area contributed by atoms with E-state index in [1.165, 1.54) is 23.1 Å². The van der Waals surface area contributed by atoms with E-state index in [9.17, 15) is 4.79 Å². The molecule has 2 aromatic rings. The van der Waals surface area contributed by atoms with E-state index in [0.717, 1.165) is 43.1 Å². The minimum atomic E-state index is 0.0295. The molecular weight excluding hydrogens is 396 g/mol. The van der Waals surface area contributed by atoms with E-state index in [1.807, 2.05) is 24.3 Å². The number of fused-ring (bicyclic) bond motifs is 1. The Bertz CT molecular complexity index is 838. The van der Waals surface area contributed by atoms with Gasteiger partial charge < -0.3 is 10.1 Å². The number of carbonyl (C=O) groups is 1. The van der Waals surface area contributed by atoms with Gasteiger partial charge in [-0.1, -0.05) is 29.8 Å². The molecular formula is C25H33ClN2O2. The van der Waals surface area contributed by atoms with E-state index in [-0.39, 0.29) is 5.91 Å². The average molecular weight is 429 g/mol. The van der Waals surface area contributed by atoms with Crippen LogP contribution in [0.15, 0.2) is 42.5 Å². The lowest BCUT2D eigenvalue weighted by atomic mass is 10.0. The molecule has 5 heteroatoms. The van der Waals surface area contributed by atoms with Crippen molar-refractivity contribution in [3.63, 3.8) is 0 Å². The largest absolute Gasteiger partial charge is 0.493 e. The van der Waals surface area contributed by atoms with Crippen LogP contribution in [-0.2, 0) is 24.2 Å². The summed E-state index contributed by atoms with van der Waals surface area (Å²) in [7, 11) is 0. The summed E-state index contributed by atoms with van der Waals surface area (Å²) in [4.78, 5) is 14.6. The van der Waals surface area contributed by atoms with E-state index in [2.05, 4.69) is 42.3 Å². The molecule has 0 saturated carbocycles. The van der Waals surface area contributed by atoms with Crippen LogP contribution in [-0.4, -0.2) is 36.5 Å². The lowest BCUT2D eigenvalue weighted by Crippen LogP contribution is -2.30. The Labute approximate surface area is 185 Å². The van der Waals surface area contributed by atoms with Crippen LogP contribution in [0.1, 0.15) is 49.8 Å². The summed E-state index contributed by atoms with van der Waals surface area (Å²) in [5.41, 5.74) is 3.96. The number of benzene rings is 2. The highest BCUT2D eigenvalue weighted by molar-refractivity contribution is 6.30. The van der Waals surface area contributed by atoms with Crippen molar-refractivity contribution in [1.82, 2.24) is 10.2 Å². The van der Waals surface area contributed by atoms with Crippen molar-refractivity contribution < 1.29 is 9.53 Å². The van der Waals surface area contributed by atoms with Crippen LogP contribution in [0, 0.1) is 0 Å². The third-order valence-corrected chi connectivity index (χ3v) is 5.86. The molecule has 1 amide bonds. The first-order chi connectivity index (χ1) is 14.5. The predicted molar refractivity (Wildman–Crippen MR) is 123 cm³/mol. The summed E-state index contributed by atoms with van der Waals surface area (Å²) >= 11 is 6.00. The molecule has 0 aliphatic carbocycles. The summed E-state index contributed by atoms with van der Waals surface area (Å²) in [5.74, 6) is 0.884. The van der Waals surface area contributed by atoms with Gasteiger partial charge in [0.2, 0.25) is 5.91 Å². The number of ether oxygens (including phenoxy) is 1. The zero-order valence-corrected chi connectivity index (χ0v) is 18.9. The monoisotopic (exact) mass is 428 g/mol. The molecule has 0 saturated heterocycles. The molecule has 0 aromatic heterocycles. The second-order valence-electron chi connectivity index (χ2n) is 8.28. The highest BCUT2D eigenvalue weighted by Crippen LogP contribution is 2.24. The fraction of sp³-hybridized carbons (Fsp3) is 0.480. The van der Waals surface area contributed by atoms with Gasteiger partial charge in [0.25, 0.3) is 0 Å². The Kier molecular flexibility index (Phi) is 8.59. The molecule has 0 fully saturated rings. The first kappa shape index (κ1) is 22.6. The van der Waals surface area contributed by atoms with Gasteiger partial charge in [0.15, 0.2) is 0 Å². The number of halogens is 1. The second kappa shape index (κ2) is 11.4. The van der Waals surface area contributed by atoms with Gasteiger partial charge in [0, 0.05) is 24.2 Å². The van der Waals surface area contributed by atoms with E-state index in [1.54, 1.807) is 0 Å². The number of hydrogen-bond acceptors (Lipinski definition) is 3. The number of carbonyl (C=O) groups excluding carboxylic acids is 1. The predicted octanol–water partition coefficient (Wildman–Crippen LogP) is 5.01.